The summed E-state index contributed by atoms with van der Waals surface area (Å²) in [6, 6.07) is 3.20. The lowest BCUT2D eigenvalue weighted by Crippen LogP contribution is -2.43. The molecule has 1 saturated heterocycles. The van der Waals surface area contributed by atoms with Gasteiger partial charge in [-0.2, -0.15) is 0 Å². The van der Waals surface area contributed by atoms with Crippen LogP contribution in [0.25, 0.3) is 0 Å². The fraction of sp³-hybridized carbons (Fsp3) is 0.643. The lowest BCUT2D eigenvalue weighted by atomic mass is 9.84. The van der Waals surface area contributed by atoms with Crippen LogP contribution in [0.4, 0.5) is 4.39 Å². The lowest BCUT2D eigenvalue weighted by Gasteiger charge is -2.34. The molecule has 100 valence electrons. The zero-order valence-electron chi connectivity index (χ0n) is 10.9. The lowest BCUT2D eigenvalue weighted by molar-refractivity contribution is 0.0764. The predicted octanol–water partition coefficient (Wildman–Crippen LogP) is 2.28. The van der Waals surface area contributed by atoms with E-state index in [2.05, 4.69) is 17.2 Å². The molecule has 2 rings (SSSR count). The molecule has 1 fully saturated rings. The second-order valence-electron chi connectivity index (χ2n) is 5.40. The van der Waals surface area contributed by atoms with Gasteiger partial charge >= 0.3 is 0 Å². The van der Waals surface area contributed by atoms with E-state index in [9.17, 15) is 9.50 Å². The van der Waals surface area contributed by atoms with E-state index in [1.165, 1.54) is 12.5 Å². The number of rotatable bonds is 3. The summed E-state index contributed by atoms with van der Waals surface area (Å²) in [7, 11) is 0. The minimum atomic E-state index is -0.645. The maximum atomic E-state index is 12.8. The number of pyridine rings is 1. The average Bonchev–Trinajstić information content (AvgIpc) is 2.38. The molecule has 0 spiro atoms. The standard InChI is InChI=1S/C14H21FN2O/c1-9-5-6-16-13(7-9)10(2)14(18)12-4-3-11(15)8-17-12/h3-4,8-10,13-14,16,18H,5-7H2,1-2H3. The highest BCUT2D eigenvalue weighted by atomic mass is 19.1. The van der Waals surface area contributed by atoms with Crippen molar-refractivity contribution in [1.82, 2.24) is 10.3 Å². The van der Waals surface area contributed by atoms with Crippen LogP contribution < -0.4 is 5.32 Å². The molecular weight excluding hydrogens is 231 g/mol. The second-order valence-corrected chi connectivity index (χ2v) is 5.40. The number of hydrogen-bond donors (Lipinski definition) is 2. The molecule has 0 aromatic carbocycles. The Labute approximate surface area is 107 Å². The van der Waals surface area contributed by atoms with Crippen molar-refractivity contribution in [2.45, 2.75) is 38.8 Å². The molecule has 0 aliphatic carbocycles. The Morgan fingerprint density at radius 1 is 1.50 bits per heavy atom. The zero-order valence-corrected chi connectivity index (χ0v) is 10.9. The normalized spacial score (nSPS) is 27.8. The van der Waals surface area contributed by atoms with Crippen molar-refractivity contribution in [3.05, 3.63) is 29.8 Å². The van der Waals surface area contributed by atoms with Crippen LogP contribution in [0.5, 0.6) is 0 Å². The smallest absolute Gasteiger partial charge is 0.141 e. The topological polar surface area (TPSA) is 45.1 Å². The molecular formula is C14H21FN2O. The Kier molecular flexibility index (Phi) is 4.30. The molecule has 1 aliphatic rings. The largest absolute Gasteiger partial charge is 0.386 e. The molecule has 3 nitrogen and oxygen atoms in total. The summed E-state index contributed by atoms with van der Waals surface area (Å²) in [4.78, 5) is 3.96. The highest BCUT2D eigenvalue weighted by Crippen LogP contribution is 2.28. The van der Waals surface area contributed by atoms with Crippen LogP contribution in [-0.4, -0.2) is 22.7 Å². The van der Waals surface area contributed by atoms with Crippen molar-refractivity contribution in [1.29, 1.82) is 0 Å². The minimum Gasteiger partial charge on any atom is -0.386 e. The first-order valence-electron chi connectivity index (χ1n) is 6.61. The number of aliphatic hydroxyl groups is 1. The molecule has 0 amide bonds. The third kappa shape index (κ3) is 3.06. The van der Waals surface area contributed by atoms with Gasteiger partial charge in [0.1, 0.15) is 5.82 Å². The number of hydrogen-bond acceptors (Lipinski definition) is 3. The summed E-state index contributed by atoms with van der Waals surface area (Å²) in [5, 5.41) is 13.7. The molecule has 0 bridgehead atoms. The molecule has 0 saturated carbocycles. The third-order valence-corrected chi connectivity index (χ3v) is 3.89. The van der Waals surface area contributed by atoms with E-state index in [1.54, 1.807) is 6.07 Å². The SMILES string of the molecule is CC1CCNC(C(C)C(O)c2ccc(F)cn2)C1. The first kappa shape index (κ1) is 13.4. The number of halogens is 1. The van der Waals surface area contributed by atoms with Gasteiger partial charge in [0.25, 0.3) is 0 Å². The van der Waals surface area contributed by atoms with Crippen LogP contribution in [0.3, 0.4) is 0 Å². The molecule has 1 aromatic heterocycles. The van der Waals surface area contributed by atoms with Gasteiger partial charge in [0, 0.05) is 12.0 Å². The average molecular weight is 252 g/mol. The van der Waals surface area contributed by atoms with Crippen LogP contribution >= 0.6 is 0 Å². The van der Waals surface area contributed by atoms with Crippen LogP contribution in [-0.2, 0) is 0 Å². The van der Waals surface area contributed by atoms with Crippen molar-refractivity contribution in [2.75, 3.05) is 6.54 Å². The van der Waals surface area contributed by atoms with Crippen molar-refractivity contribution in [2.24, 2.45) is 11.8 Å². The van der Waals surface area contributed by atoms with Gasteiger partial charge in [-0.3, -0.25) is 4.98 Å². The minimum absolute atomic E-state index is 0.0747. The van der Waals surface area contributed by atoms with Gasteiger partial charge in [0.15, 0.2) is 0 Å². The molecule has 4 heteroatoms. The molecule has 4 atom stereocenters. The van der Waals surface area contributed by atoms with Gasteiger partial charge in [-0.1, -0.05) is 13.8 Å². The Bertz CT molecular complexity index is 382. The van der Waals surface area contributed by atoms with Crippen LogP contribution in [0.1, 0.15) is 38.5 Å². The Morgan fingerprint density at radius 3 is 2.89 bits per heavy atom. The highest BCUT2D eigenvalue weighted by Gasteiger charge is 2.29. The van der Waals surface area contributed by atoms with Gasteiger partial charge in [0.2, 0.25) is 0 Å². The summed E-state index contributed by atoms with van der Waals surface area (Å²) in [5.41, 5.74) is 0.545. The van der Waals surface area contributed by atoms with E-state index in [0.717, 1.165) is 19.2 Å². The molecule has 0 radical (unpaired) electrons. The first-order valence-corrected chi connectivity index (χ1v) is 6.61. The second kappa shape index (κ2) is 5.76. The highest BCUT2D eigenvalue weighted by molar-refractivity contribution is 5.09. The van der Waals surface area contributed by atoms with E-state index in [4.69, 9.17) is 0 Å². The van der Waals surface area contributed by atoms with Crippen molar-refractivity contribution >= 4 is 0 Å². The number of nitrogens with zero attached hydrogens (tertiary/aromatic N) is 1. The van der Waals surface area contributed by atoms with E-state index >= 15 is 0 Å². The Morgan fingerprint density at radius 2 is 2.28 bits per heavy atom. The number of nitrogens with one attached hydrogen (secondary N) is 1. The maximum Gasteiger partial charge on any atom is 0.141 e. The van der Waals surface area contributed by atoms with Crippen LogP contribution in [0.2, 0.25) is 0 Å². The van der Waals surface area contributed by atoms with Crippen LogP contribution in [0, 0.1) is 17.7 Å². The molecule has 1 aliphatic heterocycles. The first-order chi connectivity index (χ1) is 8.58. The van der Waals surface area contributed by atoms with Gasteiger partial charge in [-0.05, 0) is 37.4 Å². The summed E-state index contributed by atoms with van der Waals surface area (Å²) >= 11 is 0. The summed E-state index contributed by atoms with van der Waals surface area (Å²) in [5.74, 6) is 0.390. The van der Waals surface area contributed by atoms with Crippen molar-refractivity contribution < 1.29 is 9.50 Å². The van der Waals surface area contributed by atoms with Crippen molar-refractivity contribution in [3.8, 4) is 0 Å². The maximum absolute atomic E-state index is 12.8. The summed E-state index contributed by atoms with van der Waals surface area (Å²) < 4.78 is 12.8. The predicted molar refractivity (Wildman–Crippen MR) is 68.5 cm³/mol. The molecule has 1 aromatic rings. The van der Waals surface area contributed by atoms with E-state index < -0.39 is 6.10 Å². The van der Waals surface area contributed by atoms with E-state index in [-0.39, 0.29) is 11.7 Å². The monoisotopic (exact) mass is 252 g/mol. The summed E-state index contributed by atoms with van der Waals surface area (Å²) in [6.07, 6.45) is 2.77. The molecule has 4 unspecified atom stereocenters. The number of aromatic nitrogens is 1. The Balaban J connectivity index is 2.03. The Hall–Kier alpha value is -1.00. The van der Waals surface area contributed by atoms with E-state index in [0.29, 0.717) is 17.7 Å². The van der Waals surface area contributed by atoms with Crippen molar-refractivity contribution in [3.63, 3.8) is 0 Å². The number of aliphatic hydroxyl groups excluding tert-OH is 1. The van der Waals surface area contributed by atoms with Gasteiger partial charge in [-0.25, -0.2) is 4.39 Å². The van der Waals surface area contributed by atoms with Gasteiger partial charge in [-0.15, -0.1) is 0 Å². The van der Waals surface area contributed by atoms with Gasteiger partial charge in [0.05, 0.1) is 18.0 Å². The fourth-order valence-corrected chi connectivity index (χ4v) is 2.60. The molecule has 2 N–H and O–H groups in total. The van der Waals surface area contributed by atoms with Crippen LogP contribution in [0.15, 0.2) is 18.3 Å². The third-order valence-electron chi connectivity index (χ3n) is 3.89. The quantitative estimate of drug-likeness (QED) is 0.867. The molecule has 18 heavy (non-hydrogen) atoms. The number of piperidine rings is 1. The van der Waals surface area contributed by atoms with Gasteiger partial charge < -0.3 is 10.4 Å². The summed E-state index contributed by atoms with van der Waals surface area (Å²) in [6.45, 7) is 5.26. The fourth-order valence-electron chi connectivity index (χ4n) is 2.60. The molecule has 2 heterocycles. The zero-order chi connectivity index (χ0) is 13.1. The van der Waals surface area contributed by atoms with E-state index in [1.807, 2.05) is 6.92 Å².